The van der Waals surface area contributed by atoms with Crippen molar-refractivity contribution in [3.63, 3.8) is 0 Å². The van der Waals surface area contributed by atoms with Crippen molar-refractivity contribution in [1.82, 2.24) is 4.81 Å². The minimum absolute atomic E-state index is 0.838. The monoisotopic (exact) mass is 150 g/mol. The maximum absolute atomic E-state index is 10.1. The molecule has 60 valence electrons. The summed E-state index contributed by atoms with van der Waals surface area (Å²) in [5, 5.41) is 10.1. The average molecular weight is 150 g/mol. The van der Waals surface area contributed by atoms with Crippen LogP contribution in [0.25, 0.3) is 0 Å². The molecule has 0 atom stereocenters. The van der Waals surface area contributed by atoms with Gasteiger partial charge in [0.1, 0.15) is 0 Å². The van der Waals surface area contributed by atoms with Gasteiger partial charge in [0, 0.05) is 0 Å². The van der Waals surface area contributed by atoms with Crippen molar-refractivity contribution in [3.8, 4) is 0 Å². The molecule has 0 fully saturated rings. The molecule has 0 aromatic carbocycles. The van der Waals surface area contributed by atoms with E-state index in [1.165, 1.54) is 0 Å². The van der Waals surface area contributed by atoms with Crippen molar-refractivity contribution in [1.29, 1.82) is 0 Å². The summed E-state index contributed by atoms with van der Waals surface area (Å²) >= 11 is 0. The lowest BCUT2D eigenvalue weighted by Gasteiger charge is -2.49. The van der Waals surface area contributed by atoms with Crippen molar-refractivity contribution < 1.29 is 5.02 Å². The van der Waals surface area contributed by atoms with Gasteiger partial charge in [0.2, 0.25) is 0 Å². The summed E-state index contributed by atoms with van der Waals surface area (Å²) < 4.78 is 0. The first-order chi connectivity index (χ1) is 5.31. The van der Waals surface area contributed by atoms with Crippen LogP contribution in [0.4, 0.5) is 0 Å². The van der Waals surface area contributed by atoms with Crippen LogP contribution in [0.3, 0.4) is 0 Å². The normalized spacial score (nSPS) is 28.5. The maximum atomic E-state index is 10.1. The lowest BCUT2D eigenvalue weighted by atomic mass is 9.43. The number of allylic oxidation sites excluding steroid dienone is 2. The molecule has 11 heavy (non-hydrogen) atoms. The molecule has 2 heterocycles. The van der Waals surface area contributed by atoms with Gasteiger partial charge < -0.3 is 9.83 Å². The van der Waals surface area contributed by atoms with Gasteiger partial charge in [-0.25, -0.2) is 0 Å². The summed E-state index contributed by atoms with van der Waals surface area (Å²) in [6.45, 7) is 0.627. The van der Waals surface area contributed by atoms with Crippen LogP contribution >= 0.6 is 0 Å². The first-order valence-electron chi connectivity index (χ1n) is 4.27. The van der Waals surface area contributed by atoms with Crippen molar-refractivity contribution in [2.24, 2.45) is 0 Å². The predicted molar refractivity (Wildman–Crippen MR) is 47.4 cm³/mol. The van der Waals surface area contributed by atoms with Gasteiger partial charge in [0.15, 0.2) is 6.48 Å². The minimum Gasteiger partial charge on any atom is -0.592 e. The Morgan fingerprint density at radius 3 is 2.00 bits per heavy atom. The second-order valence-electron chi connectivity index (χ2n) is 3.50. The number of fused-ring (bicyclic) bond motifs is 1. The van der Waals surface area contributed by atoms with E-state index in [0.717, 1.165) is 25.7 Å². The summed E-state index contributed by atoms with van der Waals surface area (Å²) in [7, 11) is 0. The van der Waals surface area contributed by atoms with E-state index in [4.69, 9.17) is 0 Å². The van der Waals surface area contributed by atoms with E-state index < -0.39 is 6.48 Å². The summed E-state index contributed by atoms with van der Waals surface area (Å²) in [6, 6.07) is 0. The smallest absolute Gasteiger partial charge is 0.189 e. The van der Waals surface area contributed by atoms with E-state index in [0.29, 0.717) is 0 Å². The third-order valence-electron chi connectivity index (χ3n) is 2.72. The van der Waals surface area contributed by atoms with Gasteiger partial charge >= 0.3 is 0 Å². The molecule has 0 aromatic rings. The van der Waals surface area contributed by atoms with Gasteiger partial charge in [-0.1, -0.05) is 12.2 Å². The fourth-order valence-electron chi connectivity index (χ4n) is 1.91. The van der Waals surface area contributed by atoms with Crippen LogP contribution in [-0.4, -0.2) is 29.4 Å². The van der Waals surface area contributed by atoms with E-state index in [2.05, 4.69) is 29.1 Å². The first-order valence-corrected chi connectivity index (χ1v) is 4.27. The zero-order valence-corrected chi connectivity index (χ0v) is 6.61. The molecule has 3 heteroatoms. The molecule has 0 aromatic heterocycles. The highest BCUT2D eigenvalue weighted by atomic mass is 16.2. The maximum Gasteiger partial charge on any atom is 0.189 e. The second-order valence-corrected chi connectivity index (χ2v) is 3.50. The fourth-order valence-corrected chi connectivity index (χ4v) is 1.91. The molecule has 0 aliphatic carbocycles. The lowest BCUT2D eigenvalue weighted by Crippen LogP contribution is -2.56. The van der Waals surface area contributed by atoms with E-state index in [1.807, 2.05) is 0 Å². The van der Waals surface area contributed by atoms with Crippen LogP contribution in [0.5, 0.6) is 0 Å². The van der Waals surface area contributed by atoms with Crippen LogP contribution < -0.4 is 0 Å². The molecule has 0 saturated heterocycles. The molecular formula is C8H13BNO-. The van der Waals surface area contributed by atoms with E-state index >= 15 is 0 Å². The third kappa shape index (κ3) is 1.14. The molecule has 2 aliphatic heterocycles. The average Bonchev–Trinajstić information content (AvgIpc) is 2.03. The van der Waals surface area contributed by atoms with E-state index in [1.54, 1.807) is 0 Å². The van der Waals surface area contributed by atoms with Crippen LogP contribution in [0.1, 0.15) is 0 Å². The Morgan fingerprint density at radius 1 is 1.00 bits per heavy atom. The highest BCUT2D eigenvalue weighted by molar-refractivity contribution is 6.71. The molecule has 0 radical (unpaired) electrons. The molecule has 2 rings (SSSR count). The van der Waals surface area contributed by atoms with Gasteiger partial charge in [-0.15, -0.1) is 24.8 Å². The SMILES string of the molecule is O[B-]12CC=CCN1CC=CC2. The number of nitrogens with zero attached hydrogens (tertiary/aromatic N) is 1. The molecule has 0 bridgehead atoms. The number of hydrogen-bond acceptors (Lipinski definition) is 2. The number of hydrogen-bond donors (Lipinski definition) is 1. The largest absolute Gasteiger partial charge is 0.592 e. The van der Waals surface area contributed by atoms with Gasteiger partial charge in [0.25, 0.3) is 0 Å². The van der Waals surface area contributed by atoms with Gasteiger partial charge in [-0.3, -0.25) is 0 Å². The quantitative estimate of drug-likeness (QED) is 0.409. The van der Waals surface area contributed by atoms with Crippen molar-refractivity contribution >= 4 is 6.48 Å². The van der Waals surface area contributed by atoms with Gasteiger partial charge in [-0.2, -0.15) is 0 Å². The second kappa shape index (κ2) is 2.50. The van der Waals surface area contributed by atoms with Gasteiger partial charge in [-0.05, 0) is 13.1 Å². The van der Waals surface area contributed by atoms with E-state index in [9.17, 15) is 5.02 Å². The first kappa shape index (κ1) is 7.13. The molecule has 0 spiro atoms. The van der Waals surface area contributed by atoms with Crippen LogP contribution in [0.15, 0.2) is 24.3 Å². The molecule has 0 amide bonds. The Hall–Kier alpha value is -0.535. The topological polar surface area (TPSA) is 23.5 Å². The Morgan fingerprint density at radius 2 is 1.55 bits per heavy atom. The summed E-state index contributed by atoms with van der Waals surface area (Å²) in [4.78, 5) is 2.17. The third-order valence-corrected chi connectivity index (χ3v) is 2.72. The van der Waals surface area contributed by atoms with Crippen molar-refractivity contribution in [2.75, 3.05) is 13.1 Å². The zero-order chi connectivity index (χ0) is 7.73. The minimum atomic E-state index is -1.21. The molecule has 0 unspecified atom stereocenters. The van der Waals surface area contributed by atoms with Crippen LogP contribution in [0, 0.1) is 0 Å². The summed E-state index contributed by atoms with van der Waals surface area (Å²) in [6.07, 6.45) is 10.1. The van der Waals surface area contributed by atoms with Crippen molar-refractivity contribution in [2.45, 2.75) is 12.6 Å². The summed E-state index contributed by atoms with van der Waals surface area (Å²) in [5.74, 6) is 0. The molecule has 1 N–H and O–H groups in total. The summed E-state index contributed by atoms with van der Waals surface area (Å²) in [5.41, 5.74) is 0. The van der Waals surface area contributed by atoms with E-state index in [-0.39, 0.29) is 0 Å². The van der Waals surface area contributed by atoms with Gasteiger partial charge in [0.05, 0.1) is 0 Å². The molecule has 2 nitrogen and oxygen atoms in total. The van der Waals surface area contributed by atoms with Crippen LogP contribution in [-0.2, 0) is 0 Å². The van der Waals surface area contributed by atoms with Crippen molar-refractivity contribution in [3.05, 3.63) is 24.3 Å². The Kier molecular flexibility index (Phi) is 1.62. The molecule has 2 aliphatic rings. The Labute approximate surface area is 67.2 Å². The Balaban J connectivity index is 2.22. The fraction of sp³-hybridized carbons (Fsp3) is 0.500. The lowest BCUT2D eigenvalue weighted by molar-refractivity contribution is 0.370. The number of rotatable bonds is 0. The van der Waals surface area contributed by atoms with Crippen LogP contribution in [0.2, 0.25) is 12.6 Å². The highest BCUT2D eigenvalue weighted by Gasteiger charge is 2.29. The standard InChI is InChI=1S/C8H13BNO/c11-9-5-1-3-7-10(9)8-4-2-6-9/h1-4,11H,5-8H2/q-1. The molecule has 0 saturated carbocycles. The molecular weight excluding hydrogens is 137 g/mol. The zero-order valence-electron chi connectivity index (χ0n) is 6.61. The highest BCUT2D eigenvalue weighted by Crippen LogP contribution is 2.25. The predicted octanol–water partition coefficient (Wildman–Crippen LogP) is 0.863. The Bertz CT molecular complexity index is 194.